The van der Waals surface area contributed by atoms with E-state index in [0.29, 0.717) is 35.2 Å². The van der Waals surface area contributed by atoms with Crippen molar-refractivity contribution in [1.29, 1.82) is 0 Å². The topological polar surface area (TPSA) is 55.8 Å². The minimum Gasteiger partial charge on any atom is -0.493 e. The highest BCUT2D eigenvalue weighted by Gasteiger charge is 2.40. The van der Waals surface area contributed by atoms with Crippen LogP contribution >= 0.6 is 39.3 Å². The normalized spacial score (nSPS) is 16.7. The first-order chi connectivity index (χ1) is 12.9. The third kappa shape index (κ3) is 4.25. The summed E-state index contributed by atoms with van der Waals surface area (Å²) in [6.07, 6.45) is 0.385. The van der Waals surface area contributed by atoms with Crippen molar-refractivity contribution in [2.75, 3.05) is 18.6 Å². The molecule has 2 aromatic carbocycles. The Balaban J connectivity index is 1.84. The molecule has 0 N–H and O–H groups in total. The average Bonchev–Trinajstić information content (AvgIpc) is 2.91. The number of methoxy groups -OCH3 is 1. The number of carbonyl (C=O) groups excluding carboxylic acids is 2. The second kappa shape index (κ2) is 8.54. The van der Waals surface area contributed by atoms with Gasteiger partial charge in [-0.1, -0.05) is 45.4 Å². The molecule has 1 saturated heterocycles. The molecule has 0 spiro atoms. The van der Waals surface area contributed by atoms with Crippen molar-refractivity contribution in [3.63, 3.8) is 0 Å². The van der Waals surface area contributed by atoms with Crippen LogP contribution in [0.4, 0.5) is 10.5 Å². The molecule has 0 aliphatic carbocycles. The Morgan fingerprint density at radius 2 is 2.00 bits per heavy atom. The van der Waals surface area contributed by atoms with Crippen molar-refractivity contribution in [3.05, 3.63) is 51.5 Å². The van der Waals surface area contributed by atoms with Crippen LogP contribution in [0.15, 0.2) is 40.9 Å². The van der Waals surface area contributed by atoms with Gasteiger partial charge >= 0.3 is 0 Å². The molecule has 2 amide bonds. The fraction of sp³-hybridized carbons (Fsp3) is 0.263. The smallest absolute Gasteiger partial charge is 0.293 e. The minimum atomic E-state index is -0.518. The van der Waals surface area contributed by atoms with E-state index in [2.05, 4.69) is 15.9 Å². The molecule has 142 valence electrons. The molecule has 0 saturated carbocycles. The van der Waals surface area contributed by atoms with Gasteiger partial charge in [0.1, 0.15) is 0 Å². The van der Waals surface area contributed by atoms with E-state index in [4.69, 9.17) is 21.1 Å². The molecule has 27 heavy (non-hydrogen) atoms. The number of thioether (sulfide) groups is 1. The highest BCUT2D eigenvalue weighted by Crippen LogP contribution is 2.38. The lowest BCUT2D eigenvalue weighted by atomic mass is 10.1. The summed E-state index contributed by atoms with van der Waals surface area (Å²) in [5.74, 6) is 0.952. The van der Waals surface area contributed by atoms with Crippen LogP contribution in [0.5, 0.6) is 11.5 Å². The van der Waals surface area contributed by atoms with Crippen molar-refractivity contribution < 1.29 is 19.1 Å². The van der Waals surface area contributed by atoms with Crippen molar-refractivity contribution in [3.8, 4) is 11.5 Å². The number of hydrogen-bond acceptors (Lipinski definition) is 5. The second-order valence-electron chi connectivity index (χ2n) is 5.76. The van der Waals surface area contributed by atoms with E-state index in [-0.39, 0.29) is 11.1 Å². The zero-order valence-electron chi connectivity index (χ0n) is 14.7. The standard InChI is InChI=1S/C19H17BrClNO4S/c1-3-26-16-10-14(20)11(7-15(16)25-2)8-17-18(23)22(19(24)27-17)13-6-4-5-12(21)9-13/h4-7,9-10,17H,3,8H2,1-2H3/t17-/m1/s1. The molecule has 5 nitrogen and oxygen atoms in total. The zero-order valence-corrected chi connectivity index (χ0v) is 17.9. The molecule has 1 aliphatic heterocycles. The molecule has 0 aromatic heterocycles. The van der Waals surface area contributed by atoms with Crippen LogP contribution in [0, 0.1) is 0 Å². The Kier molecular flexibility index (Phi) is 6.34. The van der Waals surface area contributed by atoms with E-state index in [1.165, 1.54) is 4.90 Å². The maximum Gasteiger partial charge on any atom is 0.293 e. The molecule has 8 heteroatoms. The van der Waals surface area contributed by atoms with Crippen LogP contribution in [0.25, 0.3) is 0 Å². The van der Waals surface area contributed by atoms with Gasteiger partial charge in [0.05, 0.1) is 24.7 Å². The quantitative estimate of drug-likeness (QED) is 0.572. The number of ether oxygens (including phenoxy) is 2. The number of amides is 2. The SMILES string of the molecule is CCOc1cc(Br)c(C[C@H]2SC(=O)N(c3cccc(Cl)c3)C2=O)cc1OC. The van der Waals surface area contributed by atoms with E-state index < -0.39 is 5.25 Å². The number of imide groups is 1. The maximum atomic E-state index is 12.8. The van der Waals surface area contributed by atoms with Gasteiger partial charge < -0.3 is 9.47 Å². The molecule has 3 rings (SSSR count). The summed E-state index contributed by atoms with van der Waals surface area (Å²) in [4.78, 5) is 26.4. The van der Waals surface area contributed by atoms with Gasteiger partial charge in [-0.3, -0.25) is 9.59 Å². The monoisotopic (exact) mass is 469 g/mol. The highest BCUT2D eigenvalue weighted by molar-refractivity contribution is 9.10. The molecule has 0 unspecified atom stereocenters. The summed E-state index contributed by atoms with van der Waals surface area (Å²) in [6.45, 7) is 2.41. The summed E-state index contributed by atoms with van der Waals surface area (Å²) in [7, 11) is 1.56. The number of hydrogen-bond donors (Lipinski definition) is 0. The first-order valence-electron chi connectivity index (χ1n) is 8.24. The number of carbonyl (C=O) groups is 2. The number of nitrogens with zero attached hydrogens (tertiary/aromatic N) is 1. The molecule has 1 aliphatic rings. The van der Waals surface area contributed by atoms with E-state index in [1.54, 1.807) is 31.4 Å². The third-order valence-electron chi connectivity index (χ3n) is 4.03. The van der Waals surface area contributed by atoms with Crippen LogP contribution in [-0.4, -0.2) is 30.1 Å². The van der Waals surface area contributed by atoms with Gasteiger partial charge in [0.25, 0.3) is 5.24 Å². The van der Waals surface area contributed by atoms with Crippen molar-refractivity contribution in [1.82, 2.24) is 0 Å². The number of halogens is 2. The summed E-state index contributed by atoms with van der Waals surface area (Å²) in [5.41, 5.74) is 1.35. The minimum absolute atomic E-state index is 0.257. The van der Waals surface area contributed by atoms with Crippen LogP contribution in [-0.2, 0) is 11.2 Å². The van der Waals surface area contributed by atoms with Gasteiger partial charge in [0.2, 0.25) is 5.91 Å². The molecule has 1 fully saturated rings. The fourth-order valence-electron chi connectivity index (χ4n) is 2.80. The molecular formula is C19H17BrClNO4S. The van der Waals surface area contributed by atoms with E-state index in [9.17, 15) is 9.59 Å². The average molecular weight is 471 g/mol. The van der Waals surface area contributed by atoms with Crippen LogP contribution in [0.3, 0.4) is 0 Å². The summed E-state index contributed by atoms with van der Waals surface area (Å²) >= 11 is 10.5. The first kappa shape index (κ1) is 20.0. The van der Waals surface area contributed by atoms with Gasteiger partial charge in [-0.25, -0.2) is 4.90 Å². The lowest BCUT2D eigenvalue weighted by Crippen LogP contribution is -2.32. The van der Waals surface area contributed by atoms with E-state index in [0.717, 1.165) is 21.8 Å². The molecule has 1 heterocycles. The lowest BCUT2D eigenvalue weighted by molar-refractivity contribution is -0.117. The van der Waals surface area contributed by atoms with E-state index in [1.807, 2.05) is 19.1 Å². The fourth-order valence-corrected chi connectivity index (χ4v) is 4.48. The number of anilines is 1. The molecular weight excluding hydrogens is 454 g/mol. The first-order valence-corrected chi connectivity index (χ1v) is 10.3. The summed E-state index contributed by atoms with van der Waals surface area (Å²) in [6, 6.07) is 10.4. The predicted molar refractivity (Wildman–Crippen MR) is 111 cm³/mol. The van der Waals surface area contributed by atoms with E-state index >= 15 is 0 Å². The highest BCUT2D eigenvalue weighted by atomic mass is 79.9. The van der Waals surface area contributed by atoms with Crippen LogP contribution in [0.2, 0.25) is 5.02 Å². The van der Waals surface area contributed by atoms with Crippen LogP contribution < -0.4 is 14.4 Å². The zero-order chi connectivity index (χ0) is 19.6. The third-order valence-corrected chi connectivity index (χ3v) is 6.04. The Labute approximate surface area is 175 Å². The van der Waals surface area contributed by atoms with Crippen molar-refractivity contribution in [2.24, 2.45) is 0 Å². The maximum absolute atomic E-state index is 12.8. The Bertz CT molecular complexity index is 892. The Hall–Kier alpha value is -1.70. The van der Waals surface area contributed by atoms with Crippen molar-refractivity contribution >= 4 is 56.1 Å². The number of benzene rings is 2. The lowest BCUT2D eigenvalue weighted by Gasteiger charge is -2.16. The van der Waals surface area contributed by atoms with Crippen LogP contribution in [0.1, 0.15) is 12.5 Å². The van der Waals surface area contributed by atoms with Crippen molar-refractivity contribution in [2.45, 2.75) is 18.6 Å². The van der Waals surface area contributed by atoms with Gasteiger partial charge in [-0.15, -0.1) is 0 Å². The second-order valence-corrected chi connectivity index (χ2v) is 8.20. The Morgan fingerprint density at radius 3 is 2.67 bits per heavy atom. The summed E-state index contributed by atoms with van der Waals surface area (Å²) in [5, 5.41) is -0.350. The molecule has 0 radical (unpaired) electrons. The number of rotatable bonds is 6. The molecule has 1 atom stereocenters. The molecule has 0 bridgehead atoms. The van der Waals surface area contributed by atoms with Gasteiger partial charge in [-0.2, -0.15) is 0 Å². The Morgan fingerprint density at radius 1 is 1.22 bits per heavy atom. The molecule has 2 aromatic rings. The summed E-state index contributed by atoms with van der Waals surface area (Å²) < 4.78 is 11.7. The predicted octanol–water partition coefficient (Wildman–Crippen LogP) is 5.32. The largest absolute Gasteiger partial charge is 0.493 e. The van der Waals surface area contributed by atoms with Gasteiger partial charge in [0.15, 0.2) is 11.5 Å². The van der Waals surface area contributed by atoms with Gasteiger partial charge in [0, 0.05) is 9.50 Å². The van der Waals surface area contributed by atoms with Gasteiger partial charge in [-0.05, 0) is 49.2 Å².